The van der Waals surface area contributed by atoms with Gasteiger partial charge in [-0.25, -0.2) is 8.78 Å². The van der Waals surface area contributed by atoms with Crippen molar-refractivity contribution in [2.75, 3.05) is 17.2 Å². The molecule has 0 unspecified atom stereocenters. The number of nitrogens with two attached hydrogens (primary N) is 1. The van der Waals surface area contributed by atoms with Gasteiger partial charge in [0.05, 0.1) is 10.6 Å². The fraction of sp³-hybridized carbons (Fsp3) is 0.133. The van der Waals surface area contributed by atoms with E-state index < -0.39 is 17.5 Å². The Kier molecular flexibility index (Phi) is 3.29. The minimum Gasteiger partial charge on any atom is -0.398 e. The van der Waals surface area contributed by atoms with Crippen molar-refractivity contribution in [3.05, 3.63) is 58.1 Å². The summed E-state index contributed by atoms with van der Waals surface area (Å²) >= 11 is 5.50. The van der Waals surface area contributed by atoms with E-state index >= 15 is 0 Å². The second kappa shape index (κ2) is 5.00. The third kappa shape index (κ3) is 2.23. The Morgan fingerprint density at radius 3 is 2.76 bits per heavy atom. The molecule has 0 radical (unpaired) electrons. The zero-order valence-corrected chi connectivity index (χ0v) is 11.6. The van der Waals surface area contributed by atoms with Gasteiger partial charge in [-0.05, 0) is 30.7 Å². The lowest BCUT2D eigenvalue weighted by Gasteiger charge is -2.18. The number of benzene rings is 2. The predicted octanol–water partition coefficient (Wildman–Crippen LogP) is 3.40. The van der Waals surface area contributed by atoms with Crippen LogP contribution in [0.25, 0.3) is 0 Å². The molecule has 0 aromatic heterocycles. The number of hydrogen-bond acceptors (Lipinski definition) is 2. The zero-order chi connectivity index (χ0) is 15.1. The number of amides is 1. The van der Waals surface area contributed by atoms with Gasteiger partial charge in [0.15, 0.2) is 0 Å². The molecule has 3 rings (SSSR count). The Morgan fingerprint density at radius 1 is 1.24 bits per heavy atom. The first-order chi connectivity index (χ1) is 9.99. The number of rotatable bonds is 1. The van der Waals surface area contributed by atoms with Gasteiger partial charge >= 0.3 is 0 Å². The lowest BCUT2D eigenvalue weighted by Crippen LogP contribution is -2.29. The molecule has 0 aliphatic carbocycles. The third-order valence-electron chi connectivity index (χ3n) is 3.55. The lowest BCUT2D eigenvalue weighted by molar-refractivity contribution is 0.0985. The van der Waals surface area contributed by atoms with Crippen LogP contribution in [-0.2, 0) is 6.42 Å². The summed E-state index contributed by atoms with van der Waals surface area (Å²) in [6, 6.07) is 6.83. The van der Waals surface area contributed by atoms with Crippen LogP contribution >= 0.6 is 11.6 Å². The monoisotopic (exact) mass is 308 g/mol. The highest BCUT2D eigenvalue weighted by Crippen LogP contribution is 2.33. The van der Waals surface area contributed by atoms with Crippen molar-refractivity contribution in [1.29, 1.82) is 0 Å². The van der Waals surface area contributed by atoms with Crippen LogP contribution in [0.15, 0.2) is 30.3 Å². The van der Waals surface area contributed by atoms with Crippen LogP contribution in [0.5, 0.6) is 0 Å². The van der Waals surface area contributed by atoms with Crippen LogP contribution in [0.3, 0.4) is 0 Å². The van der Waals surface area contributed by atoms with Crippen molar-refractivity contribution in [2.24, 2.45) is 0 Å². The van der Waals surface area contributed by atoms with E-state index in [1.165, 1.54) is 4.90 Å². The van der Waals surface area contributed by atoms with Gasteiger partial charge in [0.25, 0.3) is 5.91 Å². The molecule has 108 valence electrons. The molecule has 1 aliphatic heterocycles. The molecular formula is C15H11ClF2N2O. The summed E-state index contributed by atoms with van der Waals surface area (Å²) in [6.45, 7) is 0.381. The summed E-state index contributed by atoms with van der Waals surface area (Å²) in [5.41, 5.74) is 7.59. The fourth-order valence-corrected chi connectivity index (χ4v) is 2.65. The van der Waals surface area contributed by atoms with Crippen LogP contribution in [0.1, 0.15) is 15.9 Å². The fourth-order valence-electron chi connectivity index (χ4n) is 2.50. The molecule has 0 saturated carbocycles. The van der Waals surface area contributed by atoms with E-state index in [2.05, 4.69) is 0 Å². The molecule has 2 N–H and O–H groups in total. The number of nitrogens with zero attached hydrogens (tertiary/aromatic N) is 1. The first-order valence-corrected chi connectivity index (χ1v) is 6.70. The van der Waals surface area contributed by atoms with E-state index in [1.807, 2.05) is 0 Å². The van der Waals surface area contributed by atoms with Gasteiger partial charge in [0.1, 0.15) is 11.6 Å². The number of fused-ring (bicyclic) bond motifs is 1. The third-order valence-corrected chi connectivity index (χ3v) is 3.84. The quantitative estimate of drug-likeness (QED) is 0.648. The average Bonchev–Trinajstić information content (AvgIpc) is 2.87. The van der Waals surface area contributed by atoms with Crippen molar-refractivity contribution in [1.82, 2.24) is 0 Å². The molecule has 0 atom stereocenters. The van der Waals surface area contributed by atoms with Gasteiger partial charge in [-0.3, -0.25) is 4.79 Å². The van der Waals surface area contributed by atoms with Crippen molar-refractivity contribution < 1.29 is 13.6 Å². The molecule has 1 aliphatic rings. The number of carbonyl (C=O) groups excluding carboxylic acids is 1. The van der Waals surface area contributed by atoms with Gasteiger partial charge in [0, 0.05) is 23.5 Å². The summed E-state index contributed by atoms with van der Waals surface area (Å²) in [5.74, 6) is -2.27. The van der Waals surface area contributed by atoms with Crippen molar-refractivity contribution in [3.8, 4) is 0 Å². The van der Waals surface area contributed by atoms with Gasteiger partial charge in [-0.2, -0.15) is 0 Å². The Bertz CT molecular complexity index is 749. The second-order valence-corrected chi connectivity index (χ2v) is 5.21. The molecule has 3 nitrogen and oxygen atoms in total. The number of carbonyl (C=O) groups is 1. The Labute approximate surface area is 124 Å². The Morgan fingerprint density at radius 2 is 2.00 bits per heavy atom. The molecular weight excluding hydrogens is 298 g/mol. The SMILES string of the molecule is Nc1cccc2c1CCN2C(=O)c1cc(F)c(Cl)cc1F. The second-order valence-electron chi connectivity index (χ2n) is 4.80. The largest absolute Gasteiger partial charge is 0.398 e. The minimum absolute atomic E-state index is 0.341. The van der Waals surface area contributed by atoms with Crippen LogP contribution in [0.2, 0.25) is 5.02 Å². The van der Waals surface area contributed by atoms with Gasteiger partial charge in [-0.1, -0.05) is 17.7 Å². The number of halogens is 3. The molecule has 2 aromatic rings. The van der Waals surface area contributed by atoms with Gasteiger partial charge in [-0.15, -0.1) is 0 Å². The van der Waals surface area contributed by atoms with Gasteiger partial charge < -0.3 is 10.6 Å². The average molecular weight is 309 g/mol. The minimum atomic E-state index is -0.844. The summed E-state index contributed by atoms with van der Waals surface area (Å²) < 4.78 is 27.3. The smallest absolute Gasteiger partial charge is 0.261 e. The maximum atomic E-state index is 13.9. The summed E-state index contributed by atoms with van der Waals surface area (Å²) in [4.78, 5) is 13.8. The topological polar surface area (TPSA) is 46.3 Å². The number of anilines is 2. The van der Waals surface area contributed by atoms with Crippen LogP contribution < -0.4 is 10.6 Å². The molecule has 0 spiro atoms. The number of nitrogen functional groups attached to an aromatic ring is 1. The number of hydrogen-bond donors (Lipinski definition) is 1. The van der Waals surface area contributed by atoms with E-state index in [1.54, 1.807) is 18.2 Å². The Hall–Kier alpha value is -2.14. The van der Waals surface area contributed by atoms with Crippen molar-refractivity contribution in [2.45, 2.75) is 6.42 Å². The molecule has 1 amide bonds. The van der Waals surface area contributed by atoms with Crippen LogP contribution in [0.4, 0.5) is 20.2 Å². The van der Waals surface area contributed by atoms with Crippen LogP contribution in [-0.4, -0.2) is 12.5 Å². The van der Waals surface area contributed by atoms with Crippen molar-refractivity contribution in [3.63, 3.8) is 0 Å². The van der Waals surface area contributed by atoms with E-state index in [4.69, 9.17) is 17.3 Å². The standard InChI is InChI=1S/C15H11ClF2N2O/c16-10-7-11(17)9(6-12(10)18)15(21)20-5-4-8-13(19)2-1-3-14(8)20/h1-3,6-7H,4-5,19H2. The molecule has 0 bridgehead atoms. The summed E-state index contributed by atoms with van der Waals surface area (Å²) in [7, 11) is 0. The molecule has 21 heavy (non-hydrogen) atoms. The Balaban J connectivity index is 2.03. The molecule has 0 saturated heterocycles. The molecule has 0 fully saturated rings. The van der Waals surface area contributed by atoms with E-state index in [0.717, 1.165) is 17.7 Å². The lowest BCUT2D eigenvalue weighted by atomic mass is 10.1. The summed E-state index contributed by atoms with van der Waals surface area (Å²) in [5, 5.41) is -0.352. The van der Waals surface area contributed by atoms with Crippen LogP contribution in [0, 0.1) is 11.6 Å². The summed E-state index contributed by atoms with van der Waals surface area (Å²) in [6.07, 6.45) is 0.589. The van der Waals surface area contributed by atoms with E-state index in [-0.39, 0.29) is 10.6 Å². The molecule has 1 heterocycles. The normalized spacial score (nSPS) is 13.4. The van der Waals surface area contributed by atoms with Crippen molar-refractivity contribution >= 4 is 28.9 Å². The highest BCUT2D eigenvalue weighted by molar-refractivity contribution is 6.30. The van der Waals surface area contributed by atoms with E-state index in [9.17, 15) is 13.6 Å². The molecule has 2 aromatic carbocycles. The molecule has 6 heteroatoms. The highest BCUT2D eigenvalue weighted by Gasteiger charge is 2.29. The van der Waals surface area contributed by atoms with E-state index in [0.29, 0.717) is 24.3 Å². The maximum absolute atomic E-state index is 13.9. The predicted molar refractivity (Wildman–Crippen MR) is 77.6 cm³/mol. The highest BCUT2D eigenvalue weighted by atomic mass is 35.5. The van der Waals surface area contributed by atoms with Gasteiger partial charge in [0.2, 0.25) is 0 Å². The maximum Gasteiger partial charge on any atom is 0.261 e. The zero-order valence-electron chi connectivity index (χ0n) is 10.9. The first kappa shape index (κ1) is 13.8. The first-order valence-electron chi connectivity index (χ1n) is 6.33.